The molecule has 0 aliphatic heterocycles. The second-order valence-corrected chi connectivity index (χ2v) is 4.06. The summed E-state index contributed by atoms with van der Waals surface area (Å²) in [5, 5.41) is 0. The van der Waals surface area contributed by atoms with Crippen LogP contribution in [-0.2, 0) is 9.47 Å². The van der Waals surface area contributed by atoms with Gasteiger partial charge in [0.1, 0.15) is 5.82 Å². The Morgan fingerprint density at radius 3 is 2.45 bits per heavy atom. The monoisotopic (exact) mass is 295 g/mol. The zero-order valence-corrected chi connectivity index (χ0v) is 11.1. The van der Waals surface area contributed by atoms with Gasteiger partial charge in [-0.25, -0.2) is 4.39 Å². The molecule has 0 aliphatic rings. The Balaban J connectivity index is 2.44. The van der Waals surface area contributed by atoms with Crippen molar-refractivity contribution >= 4 is 12.4 Å². The van der Waals surface area contributed by atoms with Crippen LogP contribution in [0.1, 0.15) is 6.42 Å². The number of ether oxygens (including phenoxy) is 3. The first-order valence-corrected chi connectivity index (χ1v) is 6.14. The highest BCUT2D eigenvalue weighted by atomic mass is 19.4. The molecule has 0 radical (unpaired) electrons. The molecular weight excluding hydrogens is 279 g/mol. The number of rotatable bonds is 9. The third-order valence-electron chi connectivity index (χ3n) is 2.45. The lowest BCUT2D eigenvalue weighted by Crippen LogP contribution is -2.35. The molecule has 0 N–H and O–H groups in total. The summed E-state index contributed by atoms with van der Waals surface area (Å²) in [6.07, 6.45) is 0.436. The van der Waals surface area contributed by atoms with E-state index in [0.29, 0.717) is 32.3 Å². The number of hydrogen-bond acceptors (Lipinski definition) is 3. The Morgan fingerprint density at radius 1 is 1.05 bits per heavy atom. The number of methoxy groups -OCH3 is 1. The van der Waals surface area contributed by atoms with E-state index in [1.807, 2.05) is 0 Å². The van der Waals surface area contributed by atoms with Gasteiger partial charge >= 0.3 is 6.98 Å². The second kappa shape index (κ2) is 8.11. The van der Waals surface area contributed by atoms with Gasteiger partial charge in [-0.3, -0.25) is 0 Å². The minimum Gasteiger partial charge on any atom is -0.496 e. The molecule has 0 aromatic heterocycles. The maximum absolute atomic E-state index is 12.9. The van der Waals surface area contributed by atoms with Crippen LogP contribution in [0.5, 0.6) is 5.75 Å². The van der Waals surface area contributed by atoms with Crippen LogP contribution in [0.25, 0.3) is 0 Å². The van der Waals surface area contributed by atoms with E-state index in [9.17, 15) is 17.3 Å². The van der Waals surface area contributed by atoms with E-state index in [-0.39, 0.29) is 12.4 Å². The summed E-state index contributed by atoms with van der Waals surface area (Å²) in [6, 6.07) is 2.38. The number of benzene rings is 1. The van der Waals surface area contributed by atoms with Crippen molar-refractivity contribution in [3.8, 4) is 5.75 Å². The van der Waals surface area contributed by atoms with E-state index in [4.69, 9.17) is 14.2 Å². The van der Waals surface area contributed by atoms with Crippen LogP contribution in [0.2, 0.25) is 0 Å². The van der Waals surface area contributed by atoms with Gasteiger partial charge in [0.2, 0.25) is 0 Å². The van der Waals surface area contributed by atoms with Gasteiger partial charge in [-0.15, -0.1) is 0 Å². The molecule has 20 heavy (non-hydrogen) atoms. The molecule has 114 valence electrons. The summed E-state index contributed by atoms with van der Waals surface area (Å²) in [5.74, 6) is -1.29. The topological polar surface area (TPSA) is 27.7 Å². The second-order valence-electron chi connectivity index (χ2n) is 4.06. The van der Waals surface area contributed by atoms with Crippen molar-refractivity contribution < 1.29 is 31.5 Å². The molecule has 0 saturated heterocycles. The van der Waals surface area contributed by atoms with Gasteiger partial charge in [-0.05, 0) is 18.2 Å². The van der Waals surface area contributed by atoms with Crippen LogP contribution in [0.4, 0.5) is 17.3 Å². The Hall–Kier alpha value is -1.28. The fourth-order valence-corrected chi connectivity index (χ4v) is 1.49. The predicted molar refractivity (Wildman–Crippen MR) is 67.9 cm³/mol. The zero-order valence-electron chi connectivity index (χ0n) is 11.1. The molecule has 0 spiro atoms. The molecule has 0 saturated carbocycles. The van der Waals surface area contributed by atoms with Gasteiger partial charge < -0.3 is 27.2 Å². The highest BCUT2D eigenvalue weighted by Crippen LogP contribution is 2.18. The van der Waals surface area contributed by atoms with Crippen LogP contribution in [0, 0.1) is 5.82 Å². The molecule has 0 bridgehead atoms. The van der Waals surface area contributed by atoms with E-state index in [1.54, 1.807) is 7.11 Å². The highest BCUT2D eigenvalue weighted by Gasteiger charge is 2.29. The van der Waals surface area contributed by atoms with Gasteiger partial charge in [-0.1, -0.05) is 5.46 Å². The Bertz CT molecular complexity index is 412. The van der Waals surface area contributed by atoms with Gasteiger partial charge in [0, 0.05) is 20.1 Å². The van der Waals surface area contributed by atoms with Crippen LogP contribution < -0.4 is 10.2 Å². The SMILES string of the molecule is COCCOCCCOc1ccc(F)cc1[B-](F)(F)F. The smallest absolute Gasteiger partial charge is 0.496 e. The summed E-state index contributed by atoms with van der Waals surface area (Å²) >= 11 is 0. The Kier molecular flexibility index (Phi) is 6.80. The maximum atomic E-state index is 12.9. The summed E-state index contributed by atoms with van der Waals surface area (Å²) < 4.78 is 66.0. The maximum Gasteiger partial charge on any atom is 0.513 e. The van der Waals surface area contributed by atoms with E-state index in [1.165, 1.54) is 0 Å². The third-order valence-corrected chi connectivity index (χ3v) is 2.45. The van der Waals surface area contributed by atoms with Crippen molar-refractivity contribution in [2.75, 3.05) is 33.5 Å². The average Bonchev–Trinajstić information content (AvgIpc) is 2.38. The first-order chi connectivity index (χ1) is 9.45. The van der Waals surface area contributed by atoms with Gasteiger partial charge in [-0.2, -0.15) is 0 Å². The molecule has 0 heterocycles. The van der Waals surface area contributed by atoms with Crippen molar-refractivity contribution in [1.29, 1.82) is 0 Å². The molecule has 0 amide bonds. The molecule has 0 unspecified atom stereocenters. The van der Waals surface area contributed by atoms with E-state index in [2.05, 4.69) is 0 Å². The van der Waals surface area contributed by atoms with Crippen molar-refractivity contribution in [1.82, 2.24) is 0 Å². The fraction of sp³-hybridized carbons (Fsp3) is 0.500. The highest BCUT2D eigenvalue weighted by molar-refractivity contribution is 6.74. The van der Waals surface area contributed by atoms with E-state index >= 15 is 0 Å². The lowest BCUT2D eigenvalue weighted by molar-refractivity contribution is 0.0645. The number of hydrogen-bond donors (Lipinski definition) is 0. The molecule has 0 aliphatic carbocycles. The van der Waals surface area contributed by atoms with E-state index in [0.717, 1.165) is 12.1 Å². The van der Waals surface area contributed by atoms with Crippen molar-refractivity contribution in [3.05, 3.63) is 24.0 Å². The van der Waals surface area contributed by atoms with Gasteiger partial charge in [0.25, 0.3) is 0 Å². The molecule has 1 rings (SSSR count). The van der Waals surface area contributed by atoms with Gasteiger partial charge in [0.05, 0.1) is 25.6 Å². The van der Waals surface area contributed by atoms with Crippen LogP contribution in [0.15, 0.2) is 18.2 Å². The average molecular weight is 295 g/mol. The summed E-state index contributed by atoms with van der Waals surface area (Å²) in [5.41, 5.74) is -1.05. The number of halogens is 4. The van der Waals surface area contributed by atoms with E-state index < -0.39 is 18.3 Å². The largest absolute Gasteiger partial charge is 0.513 e. The van der Waals surface area contributed by atoms with Gasteiger partial charge in [0.15, 0.2) is 0 Å². The van der Waals surface area contributed by atoms with Crippen LogP contribution >= 0.6 is 0 Å². The molecule has 8 heteroatoms. The van der Waals surface area contributed by atoms with Crippen LogP contribution in [-0.4, -0.2) is 40.5 Å². The Morgan fingerprint density at radius 2 is 1.80 bits per heavy atom. The molecule has 1 aromatic carbocycles. The first-order valence-electron chi connectivity index (χ1n) is 6.14. The van der Waals surface area contributed by atoms with Crippen LogP contribution in [0.3, 0.4) is 0 Å². The lowest BCUT2D eigenvalue weighted by atomic mass is 9.79. The fourth-order valence-electron chi connectivity index (χ4n) is 1.49. The molecule has 0 atom stereocenters. The molecule has 0 fully saturated rings. The standard InChI is InChI=1S/C12H16BF4O3/c1-18-7-8-19-5-2-6-20-12-4-3-10(14)9-11(12)13(15,16)17/h3-4,9H,2,5-8H2,1H3/q-1. The molecule has 3 nitrogen and oxygen atoms in total. The third kappa shape index (κ3) is 5.79. The zero-order chi connectivity index (χ0) is 15.0. The van der Waals surface area contributed by atoms with Crippen molar-refractivity contribution in [2.24, 2.45) is 0 Å². The molecule has 1 aromatic rings. The lowest BCUT2D eigenvalue weighted by Gasteiger charge is -2.19. The minimum atomic E-state index is -5.30. The summed E-state index contributed by atoms with van der Waals surface area (Å²) in [7, 11) is 1.54. The Labute approximate surface area is 114 Å². The quantitative estimate of drug-likeness (QED) is 0.397. The minimum absolute atomic E-state index is 0.0672. The first kappa shape index (κ1) is 16.8. The predicted octanol–water partition coefficient (Wildman–Crippen LogP) is 2.31. The summed E-state index contributed by atoms with van der Waals surface area (Å²) in [4.78, 5) is 0. The van der Waals surface area contributed by atoms with Crippen molar-refractivity contribution in [3.63, 3.8) is 0 Å². The normalized spacial score (nSPS) is 11.7. The summed E-state index contributed by atoms with van der Waals surface area (Å²) in [6.45, 7) is -4.00. The van der Waals surface area contributed by atoms with Crippen molar-refractivity contribution in [2.45, 2.75) is 6.42 Å². The molecular formula is C12H16BF4O3-.